The van der Waals surface area contributed by atoms with Crippen LogP contribution in [0.3, 0.4) is 0 Å². The highest BCUT2D eigenvalue weighted by atomic mass is 32.2. The minimum Gasteiger partial charge on any atom is -0.495 e. The van der Waals surface area contributed by atoms with Gasteiger partial charge in [-0.2, -0.15) is 0 Å². The van der Waals surface area contributed by atoms with Crippen molar-refractivity contribution in [3.8, 4) is 5.75 Å². The van der Waals surface area contributed by atoms with Crippen LogP contribution in [0.2, 0.25) is 0 Å². The smallest absolute Gasteiger partial charge is 0.244 e. The predicted octanol–water partition coefficient (Wildman–Crippen LogP) is 1.85. The fraction of sp³-hybridized carbons (Fsp3) is 0.538. The van der Waals surface area contributed by atoms with E-state index < -0.39 is 10.0 Å². The van der Waals surface area contributed by atoms with Crippen molar-refractivity contribution < 1.29 is 13.2 Å². The van der Waals surface area contributed by atoms with E-state index in [9.17, 15) is 8.42 Å². The zero-order valence-electron chi connectivity index (χ0n) is 11.8. The average molecular weight is 286 g/mol. The molecule has 1 aromatic carbocycles. The molecule has 0 aliphatic heterocycles. The number of anilines is 1. The van der Waals surface area contributed by atoms with Crippen molar-refractivity contribution >= 4 is 15.7 Å². The standard InChI is InChI=1S/C13H22N2O3S/c1-9(2)10(3)8-15-19(16,17)13-7-11(14)5-6-12(13)18-4/h5-7,9-10,15H,8,14H2,1-4H3. The number of nitrogens with one attached hydrogen (secondary N) is 1. The first kappa shape index (κ1) is 15.8. The molecule has 0 saturated heterocycles. The summed E-state index contributed by atoms with van der Waals surface area (Å²) in [5, 5.41) is 0. The van der Waals surface area contributed by atoms with Gasteiger partial charge in [0.05, 0.1) is 7.11 Å². The van der Waals surface area contributed by atoms with Crippen LogP contribution in [0.15, 0.2) is 23.1 Å². The molecule has 0 aliphatic carbocycles. The molecule has 0 bridgehead atoms. The summed E-state index contributed by atoms with van der Waals surface area (Å²) in [6.45, 7) is 6.50. The molecule has 0 amide bonds. The number of hydrogen-bond acceptors (Lipinski definition) is 4. The highest BCUT2D eigenvalue weighted by Gasteiger charge is 2.21. The molecule has 1 unspecified atom stereocenters. The third kappa shape index (κ3) is 4.11. The van der Waals surface area contributed by atoms with E-state index in [1.165, 1.54) is 13.2 Å². The molecule has 1 rings (SSSR count). The Labute approximate surface area is 115 Å². The van der Waals surface area contributed by atoms with Gasteiger partial charge in [-0.1, -0.05) is 20.8 Å². The molecule has 0 radical (unpaired) electrons. The van der Waals surface area contributed by atoms with Crippen LogP contribution < -0.4 is 15.2 Å². The van der Waals surface area contributed by atoms with Crippen molar-refractivity contribution in [1.29, 1.82) is 0 Å². The topological polar surface area (TPSA) is 81.4 Å². The fourth-order valence-corrected chi connectivity index (χ4v) is 2.80. The lowest BCUT2D eigenvalue weighted by molar-refractivity contribution is 0.399. The maximum atomic E-state index is 12.2. The molecule has 0 aromatic heterocycles. The number of hydrogen-bond donors (Lipinski definition) is 2. The Morgan fingerprint density at radius 2 is 1.95 bits per heavy atom. The zero-order chi connectivity index (χ0) is 14.6. The fourth-order valence-electron chi connectivity index (χ4n) is 1.46. The number of nitrogens with two attached hydrogens (primary N) is 1. The number of rotatable bonds is 6. The van der Waals surface area contributed by atoms with Gasteiger partial charge in [0.1, 0.15) is 10.6 Å². The molecule has 0 fully saturated rings. The molecule has 0 heterocycles. The van der Waals surface area contributed by atoms with Crippen molar-refractivity contribution in [3.05, 3.63) is 18.2 Å². The first-order chi connectivity index (χ1) is 8.77. The van der Waals surface area contributed by atoms with E-state index in [1.54, 1.807) is 12.1 Å². The van der Waals surface area contributed by atoms with Crippen LogP contribution in [0.25, 0.3) is 0 Å². The zero-order valence-corrected chi connectivity index (χ0v) is 12.6. The summed E-state index contributed by atoms with van der Waals surface area (Å²) in [5.41, 5.74) is 6.02. The molecule has 6 heteroatoms. The number of benzene rings is 1. The van der Waals surface area contributed by atoms with Crippen molar-refractivity contribution in [2.75, 3.05) is 19.4 Å². The average Bonchev–Trinajstić information content (AvgIpc) is 2.35. The Hall–Kier alpha value is -1.27. The first-order valence-corrected chi connectivity index (χ1v) is 7.69. The summed E-state index contributed by atoms with van der Waals surface area (Å²) in [7, 11) is -2.18. The highest BCUT2D eigenvalue weighted by molar-refractivity contribution is 7.89. The third-order valence-electron chi connectivity index (χ3n) is 3.21. The van der Waals surface area contributed by atoms with Gasteiger partial charge in [0.25, 0.3) is 0 Å². The number of sulfonamides is 1. The minimum atomic E-state index is -3.61. The lowest BCUT2D eigenvalue weighted by Crippen LogP contribution is -2.30. The van der Waals surface area contributed by atoms with Gasteiger partial charge in [-0.3, -0.25) is 0 Å². The van der Waals surface area contributed by atoms with E-state index in [0.29, 0.717) is 23.9 Å². The van der Waals surface area contributed by atoms with Crippen LogP contribution in [-0.2, 0) is 10.0 Å². The second-order valence-corrected chi connectivity index (χ2v) is 6.72. The predicted molar refractivity (Wildman–Crippen MR) is 76.6 cm³/mol. The van der Waals surface area contributed by atoms with Gasteiger partial charge in [0, 0.05) is 12.2 Å². The van der Waals surface area contributed by atoms with Gasteiger partial charge in [0.15, 0.2) is 0 Å². The van der Waals surface area contributed by atoms with Gasteiger partial charge < -0.3 is 10.5 Å². The van der Waals surface area contributed by atoms with Crippen LogP contribution in [0, 0.1) is 11.8 Å². The van der Waals surface area contributed by atoms with Crippen LogP contribution in [0.4, 0.5) is 5.69 Å². The lowest BCUT2D eigenvalue weighted by atomic mass is 9.99. The Morgan fingerprint density at radius 3 is 2.47 bits per heavy atom. The monoisotopic (exact) mass is 286 g/mol. The summed E-state index contributed by atoms with van der Waals surface area (Å²) in [4.78, 5) is 0.0750. The van der Waals surface area contributed by atoms with E-state index in [1.807, 2.05) is 6.92 Å². The van der Waals surface area contributed by atoms with Crippen molar-refractivity contribution in [3.63, 3.8) is 0 Å². The summed E-state index contributed by atoms with van der Waals surface area (Å²) in [6, 6.07) is 4.56. The SMILES string of the molecule is COc1ccc(N)cc1S(=O)(=O)NCC(C)C(C)C. The van der Waals surface area contributed by atoms with Gasteiger partial charge >= 0.3 is 0 Å². The van der Waals surface area contributed by atoms with Crippen molar-refractivity contribution in [1.82, 2.24) is 4.72 Å². The van der Waals surface area contributed by atoms with Crippen molar-refractivity contribution in [2.45, 2.75) is 25.7 Å². The van der Waals surface area contributed by atoms with Crippen LogP contribution >= 0.6 is 0 Å². The number of methoxy groups -OCH3 is 1. The second kappa shape index (κ2) is 6.25. The Morgan fingerprint density at radius 1 is 1.32 bits per heavy atom. The van der Waals surface area contributed by atoms with E-state index >= 15 is 0 Å². The molecule has 1 aromatic rings. The molecule has 19 heavy (non-hydrogen) atoms. The summed E-state index contributed by atoms with van der Waals surface area (Å²) in [5.74, 6) is 0.950. The van der Waals surface area contributed by atoms with Gasteiger partial charge in [-0.25, -0.2) is 13.1 Å². The van der Waals surface area contributed by atoms with Crippen molar-refractivity contribution in [2.24, 2.45) is 11.8 Å². The molecule has 108 valence electrons. The number of nitrogen functional groups attached to an aromatic ring is 1. The Balaban J connectivity index is 2.97. The maximum Gasteiger partial charge on any atom is 0.244 e. The second-order valence-electron chi connectivity index (χ2n) is 4.98. The molecule has 3 N–H and O–H groups in total. The highest BCUT2D eigenvalue weighted by Crippen LogP contribution is 2.25. The van der Waals surface area contributed by atoms with Gasteiger partial charge in [0.2, 0.25) is 10.0 Å². The molecule has 5 nitrogen and oxygen atoms in total. The molecule has 1 atom stereocenters. The van der Waals surface area contributed by atoms with Crippen LogP contribution in [0.5, 0.6) is 5.75 Å². The number of ether oxygens (including phenoxy) is 1. The summed E-state index contributed by atoms with van der Waals surface area (Å²) in [6.07, 6.45) is 0. The largest absolute Gasteiger partial charge is 0.495 e. The summed E-state index contributed by atoms with van der Waals surface area (Å²) >= 11 is 0. The lowest BCUT2D eigenvalue weighted by Gasteiger charge is -2.17. The van der Waals surface area contributed by atoms with E-state index in [0.717, 1.165) is 0 Å². The molecule has 0 saturated carbocycles. The van der Waals surface area contributed by atoms with Crippen LogP contribution in [0.1, 0.15) is 20.8 Å². The summed E-state index contributed by atoms with van der Waals surface area (Å²) < 4.78 is 32.2. The first-order valence-electron chi connectivity index (χ1n) is 6.21. The van der Waals surface area contributed by atoms with E-state index in [2.05, 4.69) is 18.6 Å². The van der Waals surface area contributed by atoms with Gasteiger partial charge in [-0.05, 0) is 30.0 Å². The molecule has 0 spiro atoms. The molecule has 0 aliphatic rings. The molecular formula is C13H22N2O3S. The Kier molecular flexibility index (Phi) is 5.20. The third-order valence-corrected chi connectivity index (χ3v) is 4.66. The Bertz CT molecular complexity index is 527. The maximum absolute atomic E-state index is 12.2. The quantitative estimate of drug-likeness (QED) is 0.782. The van der Waals surface area contributed by atoms with Gasteiger partial charge in [-0.15, -0.1) is 0 Å². The normalized spacial score (nSPS) is 13.5. The molecular weight excluding hydrogens is 264 g/mol. The van der Waals surface area contributed by atoms with E-state index in [4.69, 9.17) is 10.5 Å². The van der Waals surface area contributed by atoms with Crippen LogP contribution in [-0.4, -0.2) is 22.1 Å². The van der Waals surface area contributed by atoms with E-state index in [-0.39, 0.29) is 10.8 Å². The minimum absolute atomic E-state index is 0.0750.